The molecule has 2 aliphatic heterocycles. The van der Waals surface area contributed by atoms with Crippen molar-refractivity contribution in [2.45, 2.75) is 82.0 Å². The second-order valence-electron chi connectivity index (χ2n) is 9.12. The van der Waals surface area contributed by atoms with E-state index in [4.69, 9.17) is 4.74 Å². The standard InChI is InChI=1S/C22H31NO3/c1-3-9-22(25)18-12-16-7-8-17(24)20-19(16)21(22,14(2)26-20)10-11-23(18)13-15-5-4-6-15/h7-8,14-15,18,24-25H,3-6,9-13H2,1-2H3/t14-,18+,21+,22+/m0/s1. The van der Waals surface area contributed by atoms with Crippen molar-refractivity contribution in [3.05, 3.63) is 23.3 Å². The summed E-state index contributed by atoms with van der Waals surface area (Å²) >= 11 is 0. The van der Waals surface area contributed by atoms with E-state index < -0.39 is 5.60 Å². The molecule has 4 heteroatoms. The summed E-state index contributed by atoms with van der Waals surface area (Å²) in [6, 6.07) is 4.00. The molecular weight excluding hydrogens is 326 g/mol. The van der Waals surface area contributed by atoms with Crippen LogP contribution in [-0.2, 0) is 11.8 Å². The Labute approximate surface area is 156 Å². The van der Waals surface area contributed by atoms with E-state index in [1.807, 2.05) is 0 Å². The van der Waals surface area contributed by atoms with Gasteiger partial charge in [0.15, 0.2) is 11.5 Å². The van der Waals surface area contributed by atoms with E-state index in [-0.39, 0.29) is 23.3 Å². The van der Waals surface area contributed by atoms with Gasteiger partial charge in [-0.25, -0.2) is 0 Å². The molecule has 4 nitrogen and oxygen atoms in total. The maximum Gasteiger partial charge on any atom is 0.165 e. The van der Waals surface area contributed by atoms with Gasteiger partial charge in [-0.2, -0.15) is 0 Å². The predicted octanol–water partition coefficient (Wildman–Crippen LogP) is 3.37. The second kappa shape index (κ2) is 5.62. The smallest absolute Gasteiger partial charge is 0.165 e. The van der Waals surface area contributed by atoms with Crippen LogP contribution >= 0.6 is 0 Å². The third kappa shape index (κ3) is 1.92. The van der Waals surface area contributed by atoms with Crippen molar-refractivity contribution < 1.29 is 14.9 Å². The van der Waals surface area contributed by atoms with Gasteiger partial charge in [-0.05, 0) is 63.1 Å². The van der Waals surface area contributed by atoms with Gasteiger partial charge in [0.1, 0.15) is 6.10 Å². The summed E-state index contributed by atoms with van der Waals surface area (Å²) < 4.78 is 6.20. The molecule has 1 spiro atoms. The van der Waals surface area contributed by atoms with E-state index in [0.29, 0.717) is 5.75 Å². The lowest BCUT2D eigenvalue weighted by atomic mass is 9.52. The minimum atomic E-state index is -0.783. The summed E-state index contributed by atoms with van der Waals surface area (Å²) in [5, 5.41) is 22.6. The Morgan fingerprint density at radius 3 is 2.81 bits per heavy atom. The zero-order valence-corrected chi connectivity index (χ0v) is 16.0. The number of fused-ring (bicyclic) bond motifs is 1. The number of benzene rings is 1. The number of phenolic OH excluding ortho intramolecular Hbond substituents is 1. The molecule has 26 heavy (non-hydrogen) atoms. The number of likely N-dealkylation sites (tertiary alicyclic amines) is 1. The number of rotatable bonds is 4. The number of ether oxygens (including phenoxy) is 1. The molecule has 1 aromatic carbocycles. The van der Waals surface area contributed by atoms with Crippen molar-refractivity contribution in [1.82, 2.24) is 4.90 Å². The van der Waals surface area contributed by atoms with Crippen LogP contribution in [-0.4, -0.2) is 45.9 Å². The highest BCUT2D eigenvalue weighted by Crippen LogP contribution is 2.62. The first-order chi connectivity index (χ1) is 12.5. The van der Waals surface area contributed by atoms with Crippen LogP contribution in [0.1, 0.15) is 63.5 Å². The summed E-state index contributed by atoms with van der Waals surface area (Å²) in [7, 11) is 0. The molecule has 1 saturated heterocycles. The van der Waals surface area contributed by atoms with Gasteiger partial charge in [-0.1, -0.05) is 25.8 Å². The highest BCUT2D eigenvalue weighted by Gasteiger charge is 2.68. The van der Waals surface area contributed by atoms with Crippen molar-refractivity contribution in [2.24, 2.45) is 5.92 Å². The fraction of sp³-hybridized carbons (Fsp3) is 0.727. The van der Waals surface area contributed by atoms with Gasteiger partial charge in [-0.3, -0.25) is 4.90 Å². The zero-order valence-electron chi connectivity index (χ0n) is 16.0. The quantitative estimate of drug-likeness (QED) is 0.867. The first-order valence-electron chi connectivity index (χ1n) is 10.5. The summed E-state index contributed by atoms with van der Waals surface area (Å²) in [5.74, 6) is 1.67. The van der Waals surface area contributed by atoms with Crippen LogP contribution in [0.15, 0.2) is 12.1 Å². The molecule has 2 N–H and O–H groups in total. The molecule has 0 aromatic heterocycles. The molecule has 0 unspecified atom stereocenters. The third-order valence-corrected chi connectivity index (χ3v) is 7.98. The number of nitrogens with zero attached hydrogens (tertiary/aromatic N) is 1. The zero-order chi connectivity index (χ0) is 18.1. The lowest BCUT2D eigenvalue weighted by Gasteiger charge is -2.61. The fourth-order valence-electron chi connectivity index (χ4n) is 6.56. The van der Waals surface area contributed by atoms with Crippen LogP contribution in [0.4, 0.5) is 0 Å². The van der Waals surface area contributed by atoms with Gasteiger partial charge in [0.25, 0.3) is 0 Å². The second-order valence-corrected chi connectivity index (χ2v) is 9.12. The first kappa shape index (κ1) is 16.9. The molecule has 2 heterocycles. The first-order valence-corrected chi connectivity index (χ1v) is 10.5. The number of piperidine rings is 1. The van der Waals surface area contributed by atoms with Crippen molar-refractivity contribution in [3.8, 4) is 11.5 Å². The van der Waals surface area contributed by atoms with Crippen LogP contribution in [0.5, 0.6) is 11.5 Å². The minimum absolute atomic E-state index is 0.102. The average Bonchev–Trinajstić information content (AvgIpc) is 2.86. The maximum absolute atomic E-state index is 12.2. The third-order valence-electron chi connectivity index (χ3n) is 7.98. The van der Waals surface area contributed by atoms with E-state index >= 15 is 0 Å². The number of aliphatic hydroxyl groups is 1. The molecule has 2 bridgehead atoms. The van der Waals surface area contributed by atoms with Crippen LogP contribution in [0.25, 0.3) is 0 Å². The van der Waals surface area contributed by atoms with Gasteiger partial charge < -0.3 is 14.9 Å². The maximum atomic E-state index is 12.2. The minimum Gasteiger partial charge on any atom is -0.504 e. The van der Waals surface area contributed by atoms with Crippen molar-refractivity contribution >= 4 is 0 Å². The Morgan fingerprint density at radius 2 is 2.12 bits per heavy atom. The molecule has 142 valence electrons. The number of aromatic hydroxyl groups is 1. The fourth-order valence-corrected chi connectivity index (χ4v) is 6.56. The van der Waals surface area contributed by atoms with E-state index in [2.05, 4.69) is 24.8 Å². The lowest BCUT2D eigenvalue weighted by Crippen LogP contribution is -2.73. The number of phenols is 1. The lowest BCUT2D eigenvalue weighted by molar-refractivity contribution is -0.170. The van der Waals surface area contributed by atoms with Gasteiger partial charge in [0.2, 0.25) is 0 Å². The van der Waals surface area contributed by atoms with E-state index in [0.717, 1.165) is 50.3 Å². The van der Waals surface area contributed by atoms with Gasteiger partial charge >= 0.3 is 0 Å². The van der Waals surface area contributed by atoms with Gasteiger partial charge in [0.05, 0.1) is 11.0 Å². The molecule has 0 radical (unpaired) electrons. The average molecular weight is 357 g/mol. The largest absolute Gasteiger partial charge is 0.504 e. The van der Waals surface area contributed by atoms with E-state index in [9.17, 15) is 10.2 Å². The Hall–Kier alpha value is -1.26. The molecular formula is C22H31NO3. The molecule has 1 saturated carbocycles. The molecule has 2 fully saturated rings. The summed E-state index contributed by atoms with van der Waals surface area (Å²) in [6.07, 6.45) is 7.48. The van der Waals surface area contributed by atoms with Crippen molar-refractivity contribution in [2.75, 3.05) is 13.1 Å². The SMILES string of the molecule is CCC[C@@]1(O)[C@H]2Cc3ccc(O)c4c3[C@@]1(CCN2CC1CCC1)[C@H](C)O4. The van der Waals surface area contributed by atoms with Gasteiger partial charge in [-0.15, -0.1) is 0 Å². The molecule has 2 aliphatic carbocycles. The van der Waals surface area contributed by atoms with Crippen LogP contribution in [0.2, 0.25) is 0 Å². The Kier molecular flexibility index (Phi) is 3.65. The summed E-state index contributed by atoms with van der Waals surface area (Å²) in [5.41, 5.74) is 1.22. The Bertz CT molecular complexity index is 730. The Morgan fingerprint density at radius 1 is 1.31 bits per heavy atom. The monoisotopic (exact) mass is 357 g/mol. The van der Waals surface area contributed by atoms with E-state index in [1.54, 1.807) is 6.07 Å². The molecule has 4 atom stereocenters. The highest BCUT2D eigenvalue weighted by molar-refractivity contribution is 5.61. The molecule has 0 amide bonds. The molecule has 4 aliphatic rings. The normalized spacial score (nSPS) is 38.6. The van der Waals surface area contributed by atoms with Crippen molar-refractivity contribution in [3.63, 3.8) is 0 Å². The predicted molar refractivity (Wildman–Crippen MR) is 101 cm³/mol. The Balaban J connectivity index is 1.65. The van der Waals surface area contributed by atoms with E-state index in [1.165, 1.54) is 24.8 Å². The summed E-state index contributed by atoms with van der Waals surface area (Å²) in [4.78, 5) is 2.59. The molecule has 1 aromatic rings. The summed E-state index contributed by atoms with van der Waals surface area (Å²) in [6.45, 7) is 6.41. The topological polar surface area (TPSA) is 52.9 Å². The van der Waals surface area contributed by atoms with Crippen molar-refractivity contribution in [1.29, 1.82) is 0 Å². The van der Waals surface area contributed by atoms with Crippen LogP contribution < -0.4 is 4.74 Å². The highest BCUT2D eigenvalue weighted by atomic mass is 16.5. The molecule has 5 rings (SSSR count). The van der Waals surface area contributed by atoms with Gasteiger partial charge in [0, 0.05) is 18.2 Å². The van der Waals surface area contributed by atoms with Crippen LogP contribution in [0, 0.1) is 5.92 Å². The number of hydrogen-bond donors (Lipinski definition) is 2. The van der Waals surface area contributed by atoms with Crippen LogP contribution in [0.3, 0.4) is 0 Å². The number of hydrogen-bond acceptors (Lipinski definition) is 4.